The number of anilines is 2. The van der Waals surface area contributed by atoms with E-state index in [2.05, 4.69) is 10.6 Å². The standard InChI is InChI=1S/C20H22N2O4S/c1-14-3-7-16(8-4-14)21-18(23)11-26-20(25)13-27-12-19(24)22-17-9-5-15(2)6-10-17/h3-10H,11-13H2,1-2H3,(H,21,23)(H,22,24). The van der Waals surface area contributed by atoms with Gasteiger partial charge in [-0.15, -0.1) is 11.8 Å². The predicted molar refractivity (Wildman–Crippen MR) is 108 cm³/mol. The Morgan fingerprint density at radius 3 is 1.78 bits per heavy atom. The number of rotatable bonds is 8. The molecule has 27 heavy (non-hydrogen) atoms. The number of carbonyl (C=O) groups excluding carboxylic acids is 3. The summed E-state index contributed by atoms with van der Waals surface area (Å²) in [6.45, 7) is 3.56. The SMILES string of the molecule is Cc1ccc(NC(=O)COC(=O)CSCC(=O)Nc2ccc(C)cc2)cc1. The second-order valence-electron chi connectivity index (χ2n) is 5.98. The van der Waals surface area contributed by atoms with E-state index in [1.54, 1.807) is 12.1 Å². The second-order valence-corrected chi connectivity index (χ2v) is 6.97. The molecule has 0 aliphatic carbocycles. The molecule has 2 aromatic rings. The van der Waals surface area contributed by atoms with Crippen LogP contribution in [0.15, 0.2) is 48.5 Å². The molecule has 0 radical (unpaired) electrons. The third-order valence-electron chi connectivity index (χ3n) is 3.49. The zero-order valence-corrected chi connectivity index (χ0v) is 16.1. The molecule has 0 unspecified atom stereocenters. The van der Waals surface area contributed by atoms with Crippen LogP contribution in [0.5, 0.6) is 0 Å². The topological polar surface area (TPSA) is 84.5 Å². The van der Waals surface area contributed by atoms with Gasteiger partial charge in [0, 0.05) is 11.4 Å². The van der Waals surface area contributed by atoms with Crippen LogP contribution < -0.4 is 10.6 Å². The summed E-state index contributed by atoms with van der Waals surface area (Å²) >= 11 is 1.13. The molecule has 6 nitrogen and oxygen atoms in total. The van der Waals surface area contributed by atoms with Crippen molar-refractivity contribution in [2.24, 2.45) is 0 Å². The maximum atomic E-state index is 11.8. The Morgan fingerprint density at radius 2 is 1.26 bits per heavy atom. The van der Waals surface area contributed by atoms with Crippen LogP contribution in [0.2, 0.25) is 0 Å². The summed E-state index contributed by atoms with van der Waals surface area (Å²) in [5.74, 6) is -1.03. The Balaban J connectivity index is 1.61. The number of amides is 2. The van der Waals surface area contributed by atoms with Crippen LogP contribution >= 0.6 is 11.8 Å². The van der Waals surface area contributed by atoms with Crippen LogP contribution in [0.1, 0.15) is 11.1 Å². The summed E-state index contributed by atoms with van der Waals surface area (Å²) in [5, 5.41) is 5.39. The van der Waals surface area contributed by atoms with Gasteiger partial charge in [-0.05, 0) is 38.1 Å². The molecule has 0 spiro atoms. The molecule has 2 N–H and O–H groups in total. The second kappa shape index (κ2) is 10.4. The molecule has 142 valence electrons. The van der Waals surface area contributed by atoms with Crippen LogP contribution in [0.25, 0.3) is 0 Å². The predicted octanol–water partition coefficient (Wildman–Crippen LogP) is 3.16. The van der Waals surface area contributed by atoms with Crippen molar-refractivity contribution >= 4 is 40.9 Å². The van der Waals surface area contributed by atoms with Gasteiger partial charge in [0.25, 0.3) is 5.91 Å². The Bertz CT molecular complexity index is 789. The number of ether oxygens (including phenoxy) is 1. The highest BCUT2D eigenvalue weighted by Crippen LogP contribution is 2.10. The smallest absolute Gasteiger partial charge is 0.316 e. The lowest BCUT2D eigenvalue weighted by Gasteiger charge is -2.07. The van der Waals surface area contributed by atoms with Crippen LogP contribution in [0, 0.1) is 13.8 Å². The molecule has 2 amide bonds. The van der Waals surface area contributed by atoms with Crippen LogP contribution in [0.3, 0.4) is 0 Å². The van der Waals surface area contributed by atoms with Gasteiger partial charge in [-0.3, -0.25) is 14.4 Å². The van der Waals surface area contributed by atoms with Crippen LogP contribution in [-0.2, 0) is 19.1 Å². The van der Waals surface area contributed by atoms with E-state index >= 15 is 0 Å². The fourth-order valence-electron chi connectivity index (χ4n) is 2.08. The molecule has 0 aromatic heterocycles. The third-order valence-corrected chi connectivity index (χ3v) is 4.39. The lowest BCUT2D eigenvalue weighted by atomic mass is 10.2. The number of nitrogens with one attached hydrogen (secondary N) is 2. The maximum absolute atomic E-state index is 11.8. The molecule has 2 rings (SSSR count). The van der Waals surface area contributed by atoms with Gasteiger partial charge in [-0.2, -0.15) is 0 Å². The lowest BCUT2D eigenvalue weighted by molar-refractivity contribution is -0.144. The van der Waals surface area contributed by atoms with E-state index in [1.165, 1.54) is 0 Å². The van der Waals surface area contributed by atoms with Crippen molar-refractivity contribution in [1.82, 2.24) is 0 Å². The van der Waals surface area contributed by atoms with Crippen molar-refractivity contribution in [3.63, 3.8) is 0 Å². The molecule has 7 heteroatoms. The molecule has 0 heterocycles. The number of hydrogen-bond acceptors (Lipinski definition) is 5. The highest BCUT2D eigenvalue weighted by atomic mass is 32.2. The summed E-state index contributed by atoms with van der Waals surface area (Å²) in [6.07, 6.45) is 0. The summed E-state index contributed by atoms with van der Waals surface area (Å²) < 4.78 is 4.91. The minimum absolute atomic E-state index is 0.000864. The van der Waals surface area contributed by atoms with Crippen molar-refractivity contribution in [3.05, 3.63) is 59.7 Å². The number of hydrogen-bond donors (Lipinski definition) is 2. The van der Waals surface area contributed by atoms with Crippen molar-refractivity contribution < 1.29 is 19.1 Å². The zero-order valence-electron chi connectivity index (χ0n) is 15.3. The van der Waals surface area contributed by atoms with E-state index in [0.717, 1.165) is 22.9 Å². The van der Waals surface area contributed by atoms with E-state index in [1.807, 2.05) is 50.2 Å². The monoisotopic (exact) mass is 386 g/mol. The molecule has 0 aliphatic heterocycles. The minimum atomic E-state index is -0.540. The number of aryl methyl sites for hydroxylation is 2. The molecule has 0 saturated carbocycles. The highest BCUT2D eigenvalue weighted by molar-refractivity contribution is 8.00. The Kier molecular flexibility index (Phi) is 7.88. The number of esters is 1. The van der Waals surface area contributed by atoms with Crippen LogP contribution in [-0.4, -0.2) is 35.9 Å². The molecule has 0 bridgehead atoms. The van der Waals surface area contributed by atoms with Crippen molar-refractivity contribution in [1.29, 1.82) is 0 Å². The van der Waals surface area contributed by atoms with Crippen molar-refractivity contribution in [2.45, 2.75) is 13.8 Å². The molecule has 0 aliphatic rings. The van der Waals surface area contributed by atoms with E-state index in [0.29, 0.717) is 11.4 Å². The van der Waals surface area contributed by atoms with Gasteiger partial charge in [0.2, 0.25) is 5.91 Å². The number of benzene rings is 2. The average molecular weight is 386 g/mol. The van der Waals surface area contributed by atoms with Gasteiger partial charge in [-0.25, -0.2) is 0 Å². The summed E-state index contributed by atoms with van der Waals surface area (Å²) in [6, 6.07) is 14.7. The van der Waals surface area contributed by atoms with Crippen molar-refractivity contribution in [2.75, 3.05) is 28.7 Å². The van der Waals surface area contributed by atoms with E-state index in [4.69, 9.17) is 4.74 Å². The van der Waals surface area contributed by atoms with Gasteiger partial charge in [-0.1, -0.05) is 35.4 Å². The van der Waals surface area contributed by atoms with Crippen LogP contribution in [0.4, 0.5) is 11.4 Å². The largest absolute Gasteiger partial charge is 0.455 e. The quantitative estimate of drug-likeness (QED) is 0.681. The van der Waals surface area contributed by atoms with E-state index in [9.17, 15) is 14.4 Å². The molecular weight excluding hydrogens is 364 g/mol. The summed E-state index contributed by atoms with van der Waals surface area (Å²) in [4.78, 5) is 35.2. The van der Waals surface area contributed by atoms with E-state index < -0.39 is 11.9 Å². The molecule has 2 aromatic carbocycles. The number of thioether (sulfide) groups is 1. The molecule has 0 saturated heterocycles. The van der Waals surface area contributed by atoms with Crippen molar-refractivity contribution in [3.8, 4) is 0 Å². The Morgan fingerprint density at radius 1 is 0.778 bits per heavy atom. The highest BCUT2D eigenvalue weighted by Gasteiger charge is 2.10. The first-order chi connectivity index (χ1) is 12.9. The van der Waals surface area contributed by atoms with Gasteiger partial charge in [0.05, 0.1) is 11.5 Å². The summed E-state index contributed by atoms with van der Waals surface area (Å²) in [5.41, 5.74) is 3.55. The maximum Gasteiger partial charge on any atom is 0.316 e. The van der Waals surface area contributed by atoms with Gasteiger partial charge < -0.3 is 15.4 Å². The average Bonchev–Trinajstić information content (AvgIpc) is 2.64. The Hall–Kier alpha value is -2.80. The fourth-order valence-corrected chi connectivity index (χ4v) is 2.69. The minimum Gasteiger partial charge on any atom is -0.455 e. The van der Waals surface area contributed by atoms with Gasteiger partial charge >= 0.3 is 5.97 Å². The normalized spacial score (nSPS) is 10.1. The molecule has 0 atom stereocenters. The molecule has 0 fully saturated rings. The van der Waals surface area contributed by atoms with Gasteiger partial charge in [0.15, 0.2) is 6.61 Å². The fraction of sp³-hybridized carbons (Fsp3) is 0.250. The third kappa shape index (κ3) is 7.96. The summed E-state index contributed by atoms with van der Waals surface area (Å²) in [7, 11) is 0. The number of carbonyl (C=O) groups is 3. The first kappa shape index (κ1) is 20.5. The first-order valence-corrected chi connectivity index (χ1v) is 9.54. The van der Waals surface area contributed by atoms with Gasteiger partial charge in [0.1, 0.15) is 0 Å². The Labute approximate surface area is 162 Å². The zero-order chi connectivity index (χ0) is 19.6. The first-order valence-electron chi connectivity index (χ1n) is 8.39. The molecular formula is C20H22N2O4S. The van der Waals surface area contributed by atoms with E-state index in [-0.39, 0.29) is 24.0 Å². The lowest BCUT2D eigenvalue weighted by Crippen LogP contribution is -2.22.